The van der Waals surface area contributed by atoms with Gasteiger partial charge in [-0.3, -0.25) is 0 Å². The SMILES string of the molecule is Cc1nc(CNC(=O)NCc2cccc(NC(C)C)c2)no1. The third-order valence-electron chi connectivity index (χ3n) is 2.81. The Morgan fingerprint density at radius 2 is 2.05 bits per heavy atom. The highest BCUT2D eigenvalue weighted by Gasteiger charge is 2.05. The van der Waals surface area contributed by atoms with Crippen molar-refractivity contribution in [3.63, 3.8) is 0 Å². The van der Waals surface area contributed by atoms with Gasteiger partial charge in [0.1, 0.15) is 0 Å². The molecule has 2 amide bonds. The van der Waals surface area contributed by atoms with Gasteiger partial charge in [0, 0.05) is 25.2 Å². The molecule has 0 saturated carbocycles. The fourth-order valence-corrected chi connectivity index (χ4v) is 1.92. The van der Waals surface area contributed by atoms with Crippen LogP contribution in [0.3, 0.4) is 0 Å². The van der Waals surface area contributed by atoms with Crippen molar-refractivity contribution >= 4 is 11.7 Å². The Bertz CT molecular complexity index is 624. The van der Waals surface area contributed by atoms with E-state index in [9.17, 15) is 4.79 Å². The summed E-state index contributed by atoms with van der Waals surface area (Å²) in [6, 6.07) is 8.04. The molecule has 22 heavy (non-hydrogen) atoms. The van der Waals surface area contributed by atoms with Crippen LogP contribution in [-0.2, 0) is 13.1 Å². The van der Waals surface area contributed by atoms with Gasteiger partial charge in [0.25, 0.3) is 0 Å². The number of urea groups is 1. The van der Waals surface area contributed by atoms with Crippen LogP contribution in [0.1, 0.15) is 31.1 Å². The van der Waals surface area contributed by atoms with E-state index in [0.717, 1.165) is 11.3 Å². The fourth-order valence-electron chi connectivity index (χ4n) is 1.92. The molecule has 1 heterocycles. The number of carbonyl (C=O) groups is 1. The number of nitrogens with zero attached hydrogens (tertiary/aromatic N) is 2. The number of nitrogens with one attached hydrogen (secondary N) is 3. The van der Waals surface area contributed by atoms with Gasteiger partial charge in [-0.1, -0.05) is 17.3 Å². The molecule has 0 aliphatic rings. The highest BCUT2D eigenvalue weighted by molar-refractivity contribution is 5.73. The highest BCUT2D eigenvalue weighted by Crippen LogP contribution is 2.11. The Kier molecular flexibility index (Phi) is 5.35. The lowest BCUT2D eigenvalue weighted by molar-refractivity contribution is 0.239. The van der Waals surface area contributed by atoms with E-state index in [0.29, 0.717) is 24.3 Å². The maximum Gasteiger partial charge on any atom is 0.315 e. The largest absolute Gasteiger partial charge is 0.383 e. The van der Waals surface area contributed by atoms with Crippen LogP contribution in [0, 0.1) is 6.92 Å². The van der Waals surface area contributed by atoms with Crippen LogP contribution in [0.5, 0.6) is 0 Å². The van der Waals surface area contributed by atoms with E-state index in [-0.39, 0.29) is 12.6 Å². The van der Waals surface area contributed by atoms with Gasteiger partial charge in [0.15, 0.2) is 5.82 Å². The maximum atomic E-state index is 11.7. The molecule has 2 aromatic rings. The molecule has 0 radical (unpaired) electrons. The van der Waals surface area contributed by atoms with E-state index in [2.05, 4.69) is 39.9 Å². The maximum absolute atomic E-state index is 11.7. The summed E-state index contributed by atoms with van der Waals surface area (Å²) in [5, 5.41) is 12.5. The minimum atomic E-state index is -0.273. The van der Waals surface area contributed by atoms with Crippen molar-refractivity contribution in [2.45, 2.75) is 39.9 Å². The van der Waals surface area contributed by atoms with Gasteiger partial charge in [-0.15, -0.1) is 0 Å². The Labute approximate surface area is 129 Å². The van der Waals surface area contributed by atoms with Crippen molar-refractivity contribution in [2.24, 2.45) is 0 Å². The van der Waals surface area contributed by atoms with Crippen LogP contribution < -0.4 is 16.0 Å². The third kappa shape index (κ3) is 5.08. The van der Waals surface area contributed by atoms with Gasteiger partial charge < -0.3 is 20.5 Å². The predicted octanol–water partition coefficient (Wildman–Crippen LogP) is 2.20. The van der Waals surface area contributed by atoms with Gasteiger partial charge >= 0.3 is 6.03 Å². The van der Waals surface area contributed by atoms with E-state index in [4.69, 9.17) is 4.52 Å². The van der Waals surface area contributed by atoms with E-state index in [1.54, 1.807) is 6.92 Å². The summed E-state index contributed by atoms with van der Waals surface area (Å²) >= 11 is 0. The molecule has 0 unspecified atom stereocenters. The molecule has 3 N–H and O–H groups in total. The van der Waals surface area contributed by atoms with E-state index < -0.39 is 0 Å². The van der Waals surface area contributed by atoms with Crippen molar-refractivity contribution in [1.29, 1.82) is 0 Å². The van der Waals surface area contributed by atoms with Crippen molar-refractivity contribution in [1.82, 2.24) is 20.8 Å². The number of rotatable bonds is 6. The monoisotopic (exact) mass is 303 g/mol. The summed E-state index contributed by atoms with van der Waals surface area (Å²) in [7, 11) is 0. The number of hydrogen-bond acceptors (Lipinski definition) is 5. The van der Waals surface area contributed by atoms with Crippen LogP contribution in [-0.4, -0.2) is 22.2 Å². The smallest absolute Gasteiger partial charge is 0.315 e. The highest BCUT2D eigenvalue weighted by atomic mass is 16.5. The lowest BCUT2D eigenvalue weighted by atomic mass is 10.2. The van der Waals surface area contributed by atoms with Gasteiger partial charge in [-0.25, -0.2) is 4.79 Å². The van der Waals surface area contributed by atoms with Gasteiger partial charge in [0.05, 0.1) is 6.54 Å². The van der Waals surface area contributed by atoms with Gasteiger partial charge in [0.2, 0.25) is 5.89 Å². The van der Waals surface area contributed by atoms with Crippen LogP contribution in [0.2, 0.25) is 0 Å². The Hall–Kier alpha value is -2.57. The molecule has 0 fully saturated rings. The summed E-state index contributed by atoms with van der Waals surface area (Å²) < 4.78 is 4.83. The summed E-state index contributed by atoms with van der Waals surface area (Å²) in [5.74, 6) is 0.933. The molecule has 118 valence electrons. The quantitative estimate of drug-likeness (QED) is 0.761. The first-order valence-corrected chi connectivity index (χ1v) is 7.19. The number of aromatic nitrogens is 2. The summed E-state index contributed by atoms with van der Waals surface area (Å²) in [6.45, 7) is 6.55. The van der Waals surface area contributed by atoms with E-state index in [1.807, 2.05) is 24.3 Å². The second-order valence-electron chi connectivity index (χ2n) is 5.27. The second kappa shape index (κ2) is 7.44. The molecule has 7 nitrogen and oxygen atoms in total. The average Bonchev–Trinajstić information content (AvgIpc) is 2.88. The van der Waals surface area contributed by atoms with E-state index in [1.165, 1.54) is 0 Å². The number of anilines is 1. The minimum Gasteiger partial charge on any atom is -0.383 e. The van der Waals surface area contributed by atoms with E-state index >= 15 is 0 Å². The van der Waals surface area contributed by atoms with Crippen molar-refractivity contribution in [3.05, 3.63) is 41.5 Å². The molecular weight excluding hydrogens is 282 g/mol. The average molecular weight is 303 g/mol. The zero-order valence-corrected chi connectivity index (χ0v) is 13.0. The summed E-state index contributed by atoms with van der Waals surface area (Å²) in [5.41, 5.74) is 2.06. The first-order valence-electron chi connectivity index (χ1n) is 7.19. The summed E-state index contributed by atoms with van der Waals surface area (Å²) in [4.78, 5) is 15.7. The molecule has 1 aromatic carbocycles. The predicted molar refractivity (Wildman–Crippen MR) is 83.3 cm³/mol. The first-order chi connectivity index (χ1) is 10.5. The van der Waals surface area contributed by atoms with Crippen LogP contribution >= 0.6 is 0 Å². The second-order valence-corrected chi connectivity index (χ2v) is 5.27. The Morgan fingerprint density at radius 3 is 2.73 bits per heavy atom. The molecule has 0 saturated heterocycles. The third-order valence-corrected chi connectivity index (χ3v) is 2.81. The summed E-state index contributed by atoms with van der Waals surface area (Å²) in [6.07, 6.45) is 0. The Balaban J connectivity index is 1.78. The van der Waals surface area contributed by atoms with Crippen molar-refractivity contribution in [3.8, 4) is 0 Å². The van der Waals surface area contributed by atoms with Gasteiger partial charge in [-0.05, 0) is 31.5 Å². The zero-order chi connectivity index (χ0) is 15.9. The number of benzene rings is 1. The molecule has 0 spiro atoms. The molecule has 0 aliphatic heterocycles. The van der Waals surface area contributed by atoms with Crippen molar-refractivity contribution in [2.75, 3.05) is 5.32 Å². The Morgan fingerprint density at radius 1 is 1.27 bits per heavy atom. The minimum absolute atomic E-state index is 0.234. The molecular formula is C15H21N5O2. The normalized spacial score (nSPS) is 10.5. The number of carbonyl (C=O) groups excluding carboxylic acids is 1. The lowest BCUT2D eigenvalue weighted by Crippen LogP contribution is -2.34. The van der Waals surface area contributed by atoms with Crippen LogP contribution in [0.15, 0.2) is 28.8 Å². The molecule has 2 rings (SSSR count). The van der Waals surface area contributed by atoms with Gasteiger partial charge in [-0.2, -0.15) is 4.98 Å². The molecule has 1 aromatic heterocycles. The lowest BCUT2D eigenvalue weighted by Gasteiger charge is -2.12. The number of hydrogen-bond donors (Lipinski definition) is 3. The fraction of sp³-hybridized carbons (Fsp3) is 0.400. The van der Waals surface area contributed by atoms with Crippen LogP contribution in [0.4, 0.5) is 10.5 Å². The van der Waals surface area contributed by atoms with Crippen molar-refractivity contribution < 1.29 is 9.32 Å². The standard InChI is InChI=1S/C15H21N5O2/c1-10(2)18-13-6-4-5-12(7-13)8-16-15(21)17-9-14-19-11(3)22-20-14/h4-7,10,18H,8-9H2,1-3H3,(H2,16,17,21). The number of aryl methyl sites for hydroxylation is 1. The van der Waals surface area contributed by atoms with Crippen LogP contribution in [0.25, 0.3) is 0 Å². The molecule has 0 atom stereocenters. The number of amides is 2. The molecule has 0 aliphatic carbocycles. The first kappa shape index (κ1) is 15.8. The molecule has 7 heteroatoms. The zero-order valence-electron chi connectivity index (χ0n) is 13.0. The topological polar surface area (TPSA) is 92.1 Å². The molecule has 0 bridgehead atoms.